The highest BCUT2D eigenvalue weighted by atomic mass is 16.5. The second-order valence-electron chi connectivity index (χ2n) is 5.58. The lowest BCUT2D eigenvalue weighted by Gasteiger charge is -2.22. The second-order valence-corrected chi connectivity index (χ2v) is 5.58. The first-order chi connectivity index (χ1) is 9.83. The highest BCUT2D eigenvalue weighted by Crippen LogP contribution is 2.21. The molecule has 112 valence electrons. The van der Waals surface area contributed by atoms with E-state index in [1.807, 2.05) is 0 Å². The third kappa shape index (κ3) is 4.41. The standard InChI is InChI=1S/C17H28N2O/c1-3-15(4-2)14-20-17-8-6-16(7-9-17)19-12-5-10-18-11-13-19/h6-9,15,18H,3-5,10-14H2,1-2H3. The van der Waals surface area contributed by atoms with Gasteiger partial charge in [-0.05, 0) is 43.1 Å². The molecular formula is C17H28N2O. The molecule has 0 aromatic heterocycles. The zero-order chi connectivity index (χ0) is 14.2. The van der Waals surface area contributed by atoms with Gasteiger partial charge in [0.2, 0.25) is 0 Å². The van der Waals surface area contributed by atoms with Crippen LogP contribution < -0.4 is 15.0 Å². The largest absolute Gasteiger partial charge is 0.493 e. The van der Waals surface area contributed by atoms with Crippen molar-refractivity contribution >= 4 is 5.69 Å². The van der Waals surface area contributed by atoms with Crippen LogP contribution in [0.15, 0.2) is 24.3 Å². The lowest BCUT2D eigenvalue weighted by molar-refractivity contribution is 0.240. The summed E-state index contributed by atoms with van der Waals surface area (Å²) in [5.74, 6) is 1.67. The van der Waals surface area contributed by atoms with Crippen molar-refractivity contribution in [2.24, 2.45) is 5.92 Å². The Kier molecular flexibility index (Phi) is 6.19. The van der Waals surface area contributed by atoms with Crippen molar-refractivity contribution in [3.8, 4) is 5.75 Å². The number of anilines is 1. The summed E-state index contributed by atoms with van der Waals surface area (Å²) < 4.78 is 5.89. The number of nitrogens with one attached hydrogen (secondary N) is 1. The first-order valence-electron chi connectivity index (χ1n) is 8.02. The van der Waals surface area contributed by atoms with Crippen LogP contribution in [-0.4, -0.2) is 32.8 Å². The summed E-state index contributed by atoms with van der Waals surface area (Å²) in [4.78, 5) is 2.45. The summed E-state index contributed by atoms with van der Waals surface area (Å²) in [5.41, 5.74) is 1.31. The van der Waals surface area contributed by atoms with Crippen molar-refractivity contribution in [3.63, 3.8) is 0 Å². The van der Waals surface area contributed by atoms with Gasteiger partial charge in [-0.2, -0.15) is 0 Å². The lowest BCUT2D eigenvalue weighted by atomic mass is 10.1. The van der Waals surface area contributed by atoms with Crippen LogP contribution in [0, 0.1) is 5.92 Å². The first-order valence-corrected chi connectivity index (χ1v) is 8.02. The minimum atomic E-state index is 0.673. The van der Waals surface area contributed by atoms with Gasteiger partial charge in [0.1, 0.15) is 5.75 Å². The molecule has 0 spiro atoms. The Bertz CT molecular complexity index is 365. The summed E-state index contributed by atoms with van der Waals surface area (Å²) >= 11 is 0. The van der Waals surface area contributed by atoms with Gasteiger partial charge in [-0.25, -0.2) is 0 Å². The summed E-state index contributed by atoms with van der Waals surface area (Å²) in [7, 11) is 0. The Morgan fingerprint density at radius 2 is 1.85 bits per heavy atom. The third-order valence-electron chi connectivity index (χ3n) is 4.18. The van der Waals surface area contributed by atoms with Crippen LogP contribution in [0.2, 0.25) is 0 Å². The Balaban J connectivity index is 1.88. The van der Waals surface area contributed by atoms with E-state index >= 15 is 0 Å². The fourth-order valence-corrected chi connectivity index (χ4v) is 2.60. The smallest absolute Gasteiger partial charge is 0.119 e. The molecular weight excluding hydrogens is 248 g/mol. The molecule has 1 aromatic rings. The predicted octanol–water partition coefficient (Wildman–Crippen LogP) is 3.30. The van der Waals surface area contributed by atoms with E-state index in [0.29, 0.717) is 5.92 Å². The van der Waals surface area contributed by atoms with E-state index < -0.39 is 0 Å². The van der Waals surface area contributed by atoms with Crippen LogP contribution in [0.25, 0.3) is 0 Å². The van der Waals surface area contributed by atoms with Gasteiger partial charge in [-0.15, -0.1) is 0 Å². The van der Waals surface area contributed by atoms with Crippen LogP contribution >= 0.6 is 0 Å². The van der Waals surface area contributed by atoms with E-state index in [-0.39, 0.29) is 0 Å². The Morgan fingerprint density at radius 3 is 2.55 bits per heavy atom. The maximum atomic E-state index is 5.89. The average Bonchev–Trinajstić information content (AvgIpc) is 2.78. The average molecular weight is 276 g/mol. The Hall–Kier alpha value is -1.22. The van der Waals surface area contributed by atoms with Gasteiger partial charge in [0.05, 0.1) is 6.61 Å². The molecule has 0 bridgehead atoms. The monoisotopic (exact) mass is 276 g/mol. The van der Waals surface area contributed by atoms with Crippen molar-refractivity contribution in [2.75, 3.05) is 37.7 Å². The zero-order valence-electron chi connectivity index (χ0n) is 12.9. The Labute approximate surface area is 123 Å². The quantitative estimate of drug-likeness (QED) is 0.863. The summed E-state index contributed by atoms with van der Waals surface area (Å²) in [5, 5.41) is 3.44. The first kappa shape index (κ1) is 15.2. The molecule has 0 unspecified atom stereocenters. The highest BCUT2D eigenvalue weighted by Gasteiger charge is 2.09. The van der Waals surface area contributed by atoms with E-state index in [0.717, 1.165) is 38.5 Å². The molecule has 20 heavy (non-hydrogen) atoms. The summed E-state index contributed by atoms with van der Waals surface area (Å²) in [6, 6.07) is 8.59. The van der Waals surface area contributed by atoms with Crippen LogP contribution in [0.4, 0.5) is 5.69 Å². The minimum absolute atomic E-state index is 0.673. The number of hydrogen-bond donors (Lipinski definition) is 1. The van der Waals surface area contributed by atoms with Gasteiger partial charge < -0.3 is 15.0 Å². The molecule has 0 saturated carbocycles. The molecule has 1 fully saturated rings. The molecule has 1 aliphatic heterocycles. The molecule has 3 heteroatoms. The lowest BCUT2D eigenvalue weighted by Crippen LogP contribution is -2.27. The maximum Gasteiger partial charge on any atom is 0.119 e. The van der Waals surface area contributed by atoms with Gasteiger partial charge in [0.15, 0.2) is 0 Å². The predicted molar refractivity (Wildman–Crippen MR) is 85.7 cm³/mol. The molecule has 2 rings (SSSR count). The van der Waals surface area contributed by atoms with Crippen LogP contribution in [0.3, 0.4) is 0 Å². The van der Waals surface area contributed by atoms with Crippen LogP contribution in [-0.2, 0) is 0 Å². The van der Waals surface area contributed by atoms with E-state index in [1.54, 1.807) is 0 Å². The number of ether oxygens (including phenoxy) is 1. The second kappa shape index (κ2) is 8.15. The van der Waals surface area contributed by atoms with Crippen molar-refractivity contribution in [3.05, 3.63) is 24.3 Å². The van der Waals surface area contributed by atoms with Gasteiger partial charge in [0.25, 0.3) is 0 Å². The molecule has 1 heterocycles. The van der Waals surface area contributed by atoms with E-state index in [4.69, 9.17) is 4.74 Å². The maximum absolute atomic E-state index is 5.89. The van der Waals surface area contributed by atoms with Crippen LogP contribution in [0.1, 0.15) is 33.1 Å². The van der Waals surface area contributed by atoms with E-state index in [1.165, 1.54) is 24.9 Å². The van der Waals surface area contributed by atoms with Gasteiger partial charge in [0, 0.05) is 25.3 Å². The SMILES string of the molecule is CCC(CC)COc1ccc(N2CCCNCC2)cc1. The van der Waals surface area contributed by atoms with Gasteiger partial charge in [-0.1, -0.05) is 26.7 Å². The molecule has 3 nitrogen and oxygen atoms in total. The van der Waals surface area contributed by atoms with Crippen molar-refractivity contribution in [1.29, 1.82) is 0 Å². The van der Waals surface area contributed by atoms with E-state index in [2.05, 4.69) is 48.3 Å². The third-order valence-corrected chi connectivity index (χ3v) is 4.18. The highest BCUT2D eigenvalue weighted by molar-refractivity contribution is 5.49. The minimum Gasteiger partial charge on any atom is -0.493 e. The normalized spacial score (nSPS) is 16.2. The van der Waals surface area contributed by atoms with E-state index in [9.17, 15) is 0 Å². The summed E-state index contributed by atoms with van der Waals surface area (Å²) in [6.45, 7) is 9.73. The van der Waals surface area contributed by atoms with Crippen molar-refractivity contribution in [2.45, 2.75) is 33.1 Å². The molecule has 1 saturated heterocycles. The van der Waals surface area contributed by atoms with Gasteiger partial charge in [-0.3, -0.25) is 0 Å². The molecule has 1 aliphatic rings. The fraction of sp³-hybridized carbons (Fsp3) is 0.647. The fourth-order valence-electron chi connectivity index (χ4n) is 2.60. The molecule has 0 atom stereocenters. The number of hydrogen-bond acceptors (Lipinski definition) is 3. The number of rotatable bonds is 6. The topological polar surface area (TPSA) is 24.5 Å². The zero-order valence-corrected chi connectivity index (χ0v) is 12.9. The molecule has 1 aromatic carbocycles. The van der Waals surface area contributed by atoms with Crippen molar-refractivity contribution < 1.29 is 4.74 Å². The summed E-state index contributed by atoms with van der Waals surface area (Å²) in [6.07, 6.45) is 3.59. The number of benzene rings is 1. The molecule has 1 N–H and O–H groups in total. The van der Waals surface area contributed by atoms with Gasteiger partial charge >= 0.3 is 0 Å². The molecule has 0 amide bonds. The van der Waals surface area contributed by atoms with Crippen molar-refractivity contribution in [1.82, 2.24) is 5.32 Å². The number of nitrogens with zero attached hydrogens (tertiary/aromatic N) is 1. The molecule has 0 radical (unpaired) electrons. The van der Waals surface area contributed by atoms with Crippen LogP contribution in [0.5, 0.6) is 5.75 Å². The Morgan fingerprint density at radius 1 is 1.10 bits per heavy atom. The molecule has 0 aliphatic carbocycles.